The van der Waals surface area contributed by atoms with E-state index in [-0.39, 0.29) is 0 Å². The van der Waals surface area contributed by atoms with Crippen molar-refractivity contribution in [2.24, 2.45) is 0 Å². The molecule has 0 fully saturated rings. The smallest absolute Gasteiger partial charge is 0.0768 e. The fourth-order valence-electron chi connectivity index (χ4n) is 3.62. The van der Waals surface area contributed by atoms with Gasteiger partial charge in [-0.15, -0.1) is 11.8 Å². The number of rotatable bonds is 4. The van der Waals surface area contributed by atoms with Crippen LogP contribution in [0.25, 0.3) is 10.9 Å². The Morgan fingerprint density at radius 1 is 1.09 bits per heavy atom. The summed E-state index contributed by atoms with van der Waals surface area (Å²) >= 11 is 1.98. The number of hydrogen-bond acceptors (Lipinski definition) is 2. The molecular formula is C20H22N2S. The van der Waals surface area contributed by atoms with Crippen LogP contribution < -0.4 is 0 Å². The Bertz CT molecular complexity index is 794. The Balaban J connectivity index is 1.57. The largest absolute Gasteiger partial charge is 0.349 e. The normalized spacial score (nSPS) is 17.6. The van der Waals surface area contributed by atoms with Crippen LogP contribution in [0.15, 0.2) is 59.6 Å². The minimum absolute atomic E-state index is 0.621. The fraction of sp³-hybridized carbons (Fsp3) is 0.300. The molecule has 1 aromatic heterocycles. The summed E-state index contributed by atoms with van der Waals surface area (Å²) in [6.45, 7) is 2.13. The van der Waals surface area contributed by atoms with E-state index >= 15 is 0 Å². The molecule has 23 heavy (non-hydrogen) atoms. The summed E-state index contributed by atoms with van der Waals surface area (Å²) in [5.41, 5.74) is 4.21. The molecular weight excluding hydrogens is 300 g/mol. The summed E-state index contributed by atoms with van der Waals surface area (Å²) in [5, 5.41) is 2.79. The molecule has 0 saturated heterocycles. The van der Waals surface area contributed by atoms with Crippen molar-refractivity contribution in [2.75, 3.05) is 19.3 Å². The SMILES string of the molecule is CN(Cc1ccccc1)CC1CCSc2[nH]c3ccccc3c21. The lowest BCUT2D eigenvalue weighted by Crippen LogP contribution is -2.26. The van der Waals surface area contributed by atoms with Crippen LogP contribution in [0.5, 0.6) is 0 Å². The molecule has 4 rings (SSSR count). The summed E-state index contributed by atoms with van der Waals surface area (Å²) in [7, 11) is 2.24. The number of fused-ring (bicyclic) bond motifs is 3. The molecule has 3 aromatic rings. The van der Waals surface area contributed by atoms with E-state index in [1.165, 1.54) is 39.2 Å². The van der Waals surface area contributed by atoms with Gasteiger partial charge in [0.25, 0.3) is 0 Å². The first-order valence-corrected chi connectivity index (χ1v) is 9.25. The van der Waals surface area contributed by atoms with Crippen molar-refractivity contribution in [3.63, 3.8) is 0 Å². The van der Waals surface area contributed by atoms with Gasteiger partial charge in [-0.2, -0.15) is 0 Å². The molecule has 2 nitrogen and oxygen atoms in total. The van der Waals surface area contributed by atoms with Crippen LogP contribution in [0, 0.1) is 0 Å². The number of likely N-dealkylation sites (N-methyl/N-ethyl adjacent to an activating group) is 1. The molecule has 1 aliphatic rings. The third-order valence-corrected chi connectivity index (χ3v) is 5.71. The van der Waals surface area contributed by atoms with E-state index in [1.807, 2.05) is 11.8 Å². The Labute approximate surface area is 141 Å². The molecule has 1 N–H and O–H groups in total. The summed E-state index contributed by atoms with van der Waals surface area (Å²) < 4.78 is 0. The van der Waals surface area contributed by atoms with Crippen molar-refractivity contribution in [3.05, 3.63) is 65.7 Å². The summed E-state index contributed by atoms with van der Waals surface area (Å²) in [4.78, 5) is 6.07. The minimum Gasteiger partial charge on any atom is -0.349 e. The number of thioether (sulfide) groups is 1. The van der Waals surface area contributed by atoms with Crippen molar-refractivity contribution >= 4 is 22.7 Å². The van der Waals surface area contributed by atoms with Gasteiger partial charge in [-0.3, -0.25) is 0 Å². The lowest BCUT2D eigenvalue weighted by molar-refractivity contribution is 0.299. The lowest BCUT2D eigenvalue weighted by Gasteiger charge is -2.27. The second-order valence-electron chi connectivity index (χ2n) is 6.43. The van der Waals surface area contributed by atoms with Crippen LogP contribution >= 0.6 is 11.8 Å². The maximum Gasteiger partial charge on any atom is 0.0768 e. The van der Waals surface area contributed by atoms with Gasteiger partial charge in [0.05, 0.1) is 5.03 Å². The van der Waals surface area contributed by atoms with Crippen LogP contribution in [0.3, 0.4) is 0 Å². The monoisotopic (exact) mass is 322 g/mol. The molecule has 0 bridgehead atoms. The van der Waals surface area contributed by atoms with Crippen molar-refractivity contribution in [1.82, 2.24) is 9.88 Å². The predicted octanol–water partition coefficient (Wildman–Crippen LogP) is 4.88. The van der Waals surface area contributed by atoms with Crippen molar-refractivity contribution < 1.29 is 0 Å². The fourth-order valence-corrected chi connectivity index (χ4v) is 4.84. The zero-order valence-corrected chi connectivity index (χ0v) is 14.3. The van der Waals surface area contributed by atoms with E-state index in [0.717, 1.165) is 13.1 Å². The molecule has 3 heteroatoms. The third-order valence-electron chi connectivity index (χ3n) is 4.66. The van der Waals surface area contributed by atoms with Gasteiger partial charge in [0.1, 0.15) is 0 Å². The highest BCUT2D eigenvalue weighted by atomic mass is 32.2. The summed E-state index contributed by atoms with van der Waals surface area (Å²) in [6.07, 6.45) is 1.26. The molecule has 118 valence electrons. The second kappa shape index (κ2) is 6.42. The van der Waals surface area contributed by atoms with E-state index in [0.29, 0.717) is 5.92 Å². The van der Waals surface area contributed by atoms with E-state index in [4.69, 9.17) is 0 Å². The maximum absolute atomic E-state index is 3.61. The highest BCUT2D eigenvalue weighted by molar-refractivity contribution is 7.99. The summed E-state index contributed by atoms with van der Waals surface area (Å²) in [6, 6.07) is 19.5. The van der Waals surface area contributed by atoms with E-state index in [1.54, 1.807) is 0 Å². The molecule has 0 aliphatic carbocycles. The van der Waals surface area contributed by atoms with Gasteiger partial charge in [0.15, 0.2) is 0 Å². The molecule has 0 amide bonds. The van der Waals surface area contributed by atoms with Gasteiger partial charge in [-0.05, 0) is 30.7 Å². The molecule has 1 aliphatic heterocycles. The van der Waals surface area contributed by atoms with Gasteiger partial charge >= 0.3 is 0 Å². The summed E-state index contributed by atoms with van der Waals surface area (Å²) in [5.74, 6) is 1.83. The minimum atomic E-state index is 0.621. The number of benzene rings is 2. The Hall–Kier alpha value is -1.71. The molecule has 2 heterocycles. The molecule has 2 aromatic carbocycles. The number of nitrogens with zero attached hydrogens (tertiary/aromatic N) is 1. The number of aromatic nitrogens is 1. The topological polar surface area (TPSA) is 19.0 Å². The average Bonchev–Trinajstić information content (AvgIpc) is 2.95. The third kappa shape index (κ3) is 3.04. The van der Waals surface area contributed by atoms with Crippen LogP contribution in [0.4, 0.5) is 0 Å². The van der Waals surface area contributed by atoms with Crippen LogP contribution in [0.1, 0.15) is 23.5 Å². The molecule has 0 spiro atoms. The van der Waals surface area contributed by atoms with Crippen LogP contribution in [-0.4, -0.2) is 29.2 Å². The Morgan fingerprint density at radius 2 is 1.87 bits per heavy atom. The second-order valence-corrected chi connectivity index (χ2v) is 7.53. The average molecular weight is 322 g/mol. The molecule has 1 unspecified atom stereocenters. The van der Waals surface area contributed by atoms with Gasteiger partial charge < -0.3 is 9.88 Å². The first-order chi connectivity index (χ1) is 11.3. The van der Waals surface area contributed by atoms with Gasteiger partial charge in [0.2, 0.25) is 0 Å². The quantitative estimate of drug-likeness (QED) is 0.738. The van der Waals surface area contributed by atoms with E-state index in [9.17, 15) is 0 Å². The van der Waals surface area contributed by atoms with E-state index < -0.39 is 0 Å². The van der Waals surface area contributed by atoms with Crippen molar-refractivity contribution in [3.8, 4) is 0 Å². The number of hydrogen-bond donors (Lipinski definition) is 1. The number of H-pyrrole nitrogens is 1. The van der Waals surface area contributed by atoms with Crippen LogP contribution in [-0.2, 0) is 6.54 Å². The van der Waals surface area contributed by atoms with E-state index in [2.05, 4.69) is 71.5 Å². The maximum atomic E-state index is 3.61. The van der Waals surface area contributed by atoms with Gasteiger partial charge in [-0.1, -0.05) is 48.5 Å². The van der Waals surface area contributed by atoms with Crippen molar-refractivity contribution in [2.45, 2.75) is 23.9 Å². The van der Waals surface area contributed by atoms with Gasteiger partial charge in [-0.25, -0.2) is 0 Å². The predicted molar refractivity (Wildman–Crippen MR) is 99.2 cm³/mol. The zero-order chi connectivity index (χ0) is 15.6. The zero-order valence-electron chi connectivity index (χ0n) is 13.5. The number of aromatic amines is 1. The Kier molecular flexibility index (Phi) is 4.15. The first kappa shape index (κ1) is 14.9. The van der Waals surface area contributed by atoms with Gasteiger partial charge in [0, 0.05) is 35.7 Å². The highest BCUT2D eigenvalue weighted by Crippen LogP contribution is 2.42. The standard InChI is InChI=1S/C20H22N2S/c1-22(13-15-7-3-2-4-8-15)14-16-11-12-23-20-19(16)17-9-5-6-10-18(17)21-20/h2-10,16,21H,11-14H2,1H3. The molecule has 0 saturated carbocycles. The Morgan fingerprint density at radius 3 is 2.74 bits per heavy atom. The lowest BCUT2D eigenvalue weighted by atomic mass is 9.94. The highest BCUT2D eigenvalue weighted by Gasteiger charge is 2.26. The van der Waals surface area contributed by atoms with Crippen molar-refractivity contribution in [1.29, 1.82) is 0 Å². The molecule has 1 atom stereocenters. The first-order valence-electron chi connectivity index (χ1n) is 8.27. The van der Waals surface area contributed by atoms with Crippen LogP contribution in [0.2, 0.25) is 0 Å². The number of nitrogens with one attached hydrogen (secondary N) is 1. The molecule has 0 radical (unpaired) electrons. The number of para-hydroxylation sites is 1.